The lowest BCUT2D eigenvalue weighted by Gasteiger charge is -2.19. The highest BCUT2D eigenvalue weighted by Crippen LogP contribution is 2.27. The second-order valence-electron chi connectivity index (χ2n) is 4.58. The maximum Gasteiger partial charge on any atom is 0.0915 e. The molecule has 1 aliphatic carbocycles. The predicted molar refractivity (Wildman–Crippen MR) is 72.0 cm³/mol. The summed E-state index contributed by atoms with van der Waals surface area (Å²) < 4.78 is 0. The smallest absolute Gasteiger partial charge is 0.0915 e. The highest BCUT2D eigenvalue weighted by molar-refractivity contribution is 5.71. The molecule has 0 N–H and O–H groups in total. The maximum absolute atomic E-state index is 4.35. The van der Waals surface area contributed by atoms with E-state index in [4.69, 9.17) is 0 Å². The van der Waals surface area contributed by atoms with Crippen LogP contribution in [0.5, 0.6) is 0 Å². The first-order valence-corrected chi connectivity index (χ1v) is 6.29. The Bertz CT molecular complexity index is 415. The van der Waals surface area contributed by atoms with Gasteiger partial charge in [0.25, 0.3) is 0 Å². The summed E-state index contributed by atoms with van der Waals surface area (Å²) in [6.45, 7) is 7.89. The van der Waals surface area contributed by atoms with Gasteiger partial charge < -0.3 is 0 Å². The molecule has 0 spiro atoms. The first kappa shape index (κ1) is 12.0. The third kappa shape index (κ3) is 3.02. The van der Waals surface area contributed by atoms with Gasteiger partial charge >= 0.3 is 0 Å². The van der Waals surface area contributed by atoms with Crippen LogP contribution >= 0.6 is 0 Å². The summed E-state index contributed by atoms with van der Waals surface area (Å²) in [4.78, 5) is 8.60. The summed E-state index contributed by atoms with van der Waals surface area (Å²) in [6.07, 6.45) is 14.0. The summed E-state index contributed by atoms with van der Waals surface area (Å²) in [6, 6.07) is 0. The fourth-order valence-electron chi connectivity index (χ4n) is 2.41. The van der Waals surface area contributed by atoms with Gasteiger partial charge in [0, 0.05) is 12.4 Å². The van der Waals surface area contributed by atoms with Crippen LogP contribution in [-0.4, -0.2) is 9.97 Å². The van der Waals surface area contributed by atoms with Crippen molar-refractivity contribution in [3.8, 4) is 0 Å². The topological polar surface area (TPSA) is 25.8 Å². The van der Waals surface area contributed by atoms with Crippen LogP contribution in [0.1, 0.15) is 43.5 Å². The van der Waals surface area contributed by atoms with Crippen LogP contribution in [0.3, 0.4) is 0 Å². The van der Waals surface area contributed by atoms with E-state index >= 15 is 0 Å². The van der Waals surface area contributed by atoms with Crippen LogP contribution < -0.4 is 0 Å². The van der Waals surface area contributed by atoms with E-state index in [0.717, 1.165) is 17.0 Å². The SMILES string of the molecule is [CH2]C(=CC1CCCCC1)c1nccnc1C=C. The number of hydrogen-bond donors (Lipinski definition) is 0. The Labute approximate surface area is 104 Å². The van der Waals surface area contributed by atoms with Crippen molar-refractivity contribution in [2.24, 2.45) is 5.92 Å². The largest absolute Gasteiger partial charge is 0.253 e. The van der Waals surface area contributed by atoms with Crippen molar-refractivity contribution in [1.82, 2.24) is 9.97 Å². The number of nitrogens with zero attached hydrogens (tertiary/aromatic N) is 2. The molecule has 1 aromatic heterocycles. The van der Waals surface area contributed by atoms with Crippen molar-refractivity contribution < 1.29 is 0 Å². The molecule has 0 unspecified atom stereocenters. The van der Waals surface area contributed by atoms with Gasteiger partial charge in [0.15, 0.2) is 0 Å². The highest BCUT2D eigenvalue weighted by Gasteiger charge is 2.12. The molecule has 17 heavy (non-hydrogen) atoms. The Morgan fingerprint density at radius 3 is 2.59 bits per heavy atom. The Balaban J connectivity index is 2.20. The van der Waals surface area contributed by atoms with E-state index < -0.39 is 0 Å². The molecule has 1 saturated carbocycles. The predicted octanol–water partition coefficient (Wildman–Crippen LogP) is 3.92. The lowest BCUT2D eigenvalue weighted by atomic mass is 9.87. The van der Waals surface area contributed by atoms with Gasteiger partial charge in [0.1, 0.15) is 0 Å². The van der Waals surface area contributed by atoms with Crippen molar-refractivity contribution in [1.29, 1.82) is 0 Å². The van der Waals surface area contributed by atoms with E-state index in [1.165, 1.54) is 32.1 Å². The Kier molecular flexibility index (Phi) is 4.08. The van der Waals surface area contributed by atoms with Gasteiger partial charge in [0.05, 0.1) is 11.4 Å². The molecule has 89 valence electrons. The van der Waals surface area contributed by atoms with Crippen molar-refractivity contribution in [2.45, 2.75) is 32.1 Å². The van der Waals surface area contributed by atoms with Gasteiger partial charge in [0.2, 0.25) is 0 Å². The third-order valence-corrected chi connectivity index (χ3v) is 3.31. The van der Waals surface area contributed by atoms with E-state index in [1.807, 2.05) is 0 Å². The van der Waals surface area contributed by atoms with Crippen molar-refractivity contribution in [3.63, 3.8) is 0 Å². The van der Waals surface area contributed by atoms with E-state index in [2.05, 4.69) is 29.5 Å². The first-order chi connectivity index (χ1) is 8.31. The van der Waals surface area contributed by atoms with Gasteiger partial charge in [-0.25, -0.2) is 0 Å². The summed E-state index contributed by atoms with van der Waals surface area (Å²) in [5.74, 6) is 0.663. The zero-order valence-corrected chi connectivity index (χ0v) is 10.2. The molecule has 2 rings (SSSR count). The number of aromatic nitrogens is 2. The van der Waals surface area contributed by atoms with Crippen molar-refractivity contribution in [2.75, 3.05) is 0 Å². The molecule has 2 heteroatoms. The van der Waals surface area contributed by atoms with E-state index in [0.29, 0.717) is 5.92 Å². The molecule has 0 aliphatic heterocycles. The van der Waals surface area contributed by atoms with Gasteiger partial charge in [-0.2, -0.15) is 0 Å². The monoisotopic (exact) mass is 227 g/mol. The summed E-state index contributed by atoms with van der Waals surface area (Å²) >= 11 is 0. The normalized spacial score (nSPS) is 18.1. The Morgan fingerprint density at radius 1 is 1.18 bits per heavy atom. The van der Waals surface area contributed by atoms with E-state index in [-0.39, 0.29) is 0 Å². The minimum Gasteiger partial charge on any atom is -0.253 e. The molecular weight excluding hydrogens is 208 g/mol. The van der Waals surface area contributed by atoms with Crippen LogP contribution in [0.15, 0.2) is 25.0 Å². The van der Waals surface area contributed by atoms with E-state index in [9.17, 15) is 0 Å². The second-order valence-corrected chi connectivity index (χ2v) is 4.58. The molecule has 0 amide bonds. The minimum absolute atomic E-state index is 0.663. The number of hydrogen-bond acceptors (Lipinski definition) is 2. The maximum atomic E-state index is 4.35. The lowest BCUT2D eigenvalue weighted by molar-refractivity contribution is 0.420. The van der Waals surface area contributed by atoms with Crippen LogP contribution in [0.25, 0.3) is 11.6 Å². The van der Waals surface area contributed by atoms with Gasteiger partial charge in [-0.15, -0.1) is 0 Å². The second kappa shape index (κ2) is 5.76. The summed E-state index contributed by atoms with van der Waals surface area (Å²) in [7, 11) is 0. The zero-order valence-electron chi connectivity index (χ0n) is 10.2. The van der Waals surface area contributed by atoms with Crippen molar-refractivity contribution in [3.05, 3.63) is 43.4 Å². The van der Waals surface area contributed by atoms with Gasteiger partial charge in [-0.05, 0) is 37.3 Å². The number of rotatable bonds is 3. The molecule has 0 atom stereocenters. The van der Waals surface area contributed by atoms with Crippen LogP contribution in [0, 0.1) is 12.8 Å². The molecule has 0 bridgehead atoms. The third-order valence-electron chi connectivity index (χ3n) is 3.31. The quantitative estimate of drug-likeness (QED) is 0.782. The van der Waals surface area contributed by atoms with Gasteiger partial charge in [-0.3, -0.25) is 9.97 Å². The molecular formula is C15H19N2. The molecule has 1 aliphatic rings. The first-order valence-electron chi connectivity index (χ1n) is 6.29. The average molecular weight is 227 g/mol. The molecule has 1 heterocycles. The molecule has 1 radical (unpaired) electrons. The molecule has 1 fully saturated rings. The molecule has 1 aromatic rings. The Hall–Kier alpha value is -1.44. The fraction of sp³-hybridized carbons (Fsp3) is 0.400. The standard InChI is InChI=1S/C15H19N2/c1-3-14-15(17-10-9-16-14)12(2)11-13-7-5-4-6-8-13/h3,9-11,13H,1-2,4-8H2. The average Bonchev–Trinajstić information content (AvgIpc) is 2.40. The van der Waals surface area contributed by atoms with Gasteiger partial charge in [-0.1, -0.05) is 31.9 Å². The highest BCUT2D eigenvalue weighted by atomic mass is 14.8. The van der Waals surface area contributed by atoms with Crippen LogP contribution in [0.2, 0.25) is 0 Å². The molecule has 0 saturated heterocycles. The summed E-state index contributed by atoms with van der Waals surface area (Å²) in [5.41, 5.74) is 2.68. The van der Waals surface area contributed by atoms with Crippen LogP contribution in [-0.2, 0) is 0 Å². The summed E-state index contributed by atoms with van der Waals surface area (Å²) in [5, 5.41) is 0. The lowest BCUT2D eigenvalue weighted by Crippen LogP contribution is -2.04. The van der Waals surface area contributed by atoms with Crippen molar-refractivity contribution >= 4 is 11.6 Å². The van der Waals surface area contributed by atoms with E-state index in [1.54, 1.807) is 18.5 Å². The fourth-order valence-corrected chi connectivity index (χ4v) is 2.41. The molecule has 0 aromatic carbocycles. The zero-order chi connectivity index (χ0) is 12.1. The number of allylic oxidation sites excluding steroid dienone is 2. The van der Waals surface area contributed by atoms with Crippen LogP contribution in [0.4, 0.5) is 0 Å². The Morgan fingerprint density at radius 2 is 1.88 bits per heavy atom. The molecule has 2 nitrogen and oxygen atoms in total. The minimum atomic E-state index is 0.663.